The Balaban J connectivity index is 0.000000243. The fourth-order valence-electron chi connectivity index (χ4n) is 1.50. The third-order valence-electron chi connectivity index (χ3n) is 2.54. The van der Waals surface area contributed by atoms with E-state index in [2.05, 4.69) is 31.9 Å². The SMILES string of the molecule is Oc1c(Br)cc(Br)cc1C(F)(F)F.Oc1ccccc1C(F)(F)F. The predicted octanol–water partition coefficient (Wildman–Crippen LogP) is 6.35. The summed E-state index contributed by atoms with van der Waals surface area (Å²) in [6.07, 6.45) is -9.01. The third-order valence-corrected chi connectivity index (χ3v) is 3.61. The summed E-state index contributed by atoms with van der Waals surface area (Å²) >= 11 is 5.71. The quantitative estimate of drug-likeness (QED) is 0.430. The van der Waals surface area contributed by atoms with Gasteiger partial charge in [0.1, 0.15) is 11.5 Å². The summed E-state index contributed by atoms with van der Waals surface area (Å²) in [6, 6.07) is 6.55. The number of aromatic hydroxyl groups is 2. The Hall–Kier alpha value is -1.42. The Morgan fingerprint density at radius 1 is 0.750 bits per heavy atom. The van der Waals surface area contributed by atoms with E-state index in [0.717, 1.165) is 18.2 Å². The second-order valence-electron chi connectivity index (χ2n) is 4.30. The summed E-state index contributed by atoms with van der Waals surface area (Å²) in [5, 5.41) is 17.8. The van der Waals surface area contributed by atoms with E-state index in [0.29, 0.717) is 0 Å². The molecule has 0 fully saturated rings. The standard InChI is InChI=1S/C7H3Br2F3O.C7H5F3O/c8-3-1-4(7(10,11)12)6(13)5(9)2-3;8-7(9,10)5-3-1-2-4-6(5)11/h1-2,13H;1-4,11H. The highest BCUT2D eigenvalue weighted by Crippen LogP contribution is 2.41. The van der Waals surface area contributed by atoms with E-state index >= 15 is 0 Å². The average molecular weight is 482 g/mol. The minimum absolute atomic E-state index is 0.00852. The lowest BCUT2D eigenvalue weighted by molar-refractivity contribution is -0.139. The van der Waals surface area contributed by atoms with Gasteiger partial charge in [0.05, 0.1) is 15.6 Å². The number of phenols is 2. The molecule has 0 saturated heterocycles. The Bertz CT molecular complexity index is 713. The molecule has 2 aromatic carbocycles. The zero-order valence-corrected chi connectivity index (χ0v) is 14.6. The Labute approximate surface area is 149 Å². The summed E-state index contributed by atoms with van der Waals surface area (Å²) < 4.78 is 72.5. The fourth-order valence-corrected chi connectivity index (χ4v) is 2.72. The van der Waals surface area contributed by atoms with Gasteiger partial charge < -0.3 is 10.2 Å². The molecule has 0 radical (unpaired) electrons. The van der Waals surface area contributed by atoms with Crippen molar-refractivity contribution in [3.05, 3.63) is 56.5 Å². The molecule has 0 aliphatic heterocycles. The zero-order chi connectivity index (χ0) is 18.7. The lowest BCUT2D eigenvalue weighted by atomic mass is 10.2. The summed E-state index contributed by atoms with van der Waals surface area (Å²) in [6.45, 7) is 0. The Kier molecular flexibility index (Phi) is 6.57. The van der Waals surface area contributed by atoms with Crippen LogP contribution < -0.4 is 0 Å². The van der Waals surface area contributed by atoms with Gasteiger partial charge in [0.25, 0.3) is 0 Å². The number of phenolic OH excluding ortho intramolecular Hbond substituents is 2. The topological polar surface area (TPSA) is 40.5 Å². The van der Waals surface area contributed by atoms with Crippen molar-refractivity contribution in [3.63, 3.8) is 0 Å². The first-order valence-electron chi connectivity index (χ1n) is 5.94. The first kappa shape index (κ1) is 20.6. The molecule has 0 heterocycles. The molecule has 2 nitrogen and oxygen atoms in total. The van der Waals surface area contributed by atoms with Crippen LogP contribution in [0.15, 0.2) is 45.3 Å². The van der Waals surface area contributed by atoms with Crippen LogP contribution in [-0.4, -0.2) is 10.2 Å². The van der Waals surface area contributed by atoms with Crippen LogP contribution in [0.5, 0.6) is 11.5 Å². The maximum absolute atomic E-state index is 12.2. The lowest BCUT2D eigenvalue weighted by Gasteiger charge is -2.10. The van der Waals surface area contributed by atoms with Crippen LogP contribution in [0.2, 0.25) is 0 Å². The normalized spacial score (nSPS) is 11.7. The van der Waals surface area contributed by atoms with E-state index in [-0.39, 0.29) is 8.95 Å². The molecule has 0 aromatic heterocycles. The van der Waals surface area contributed by atoms with Gasteiger partial charge in [-0.2, -0.15) is 26.3 Å². The van der Waals surface area contributed by atoms with Crippen LogP contribution in [0, 0.1) is 0 Å². The molecule has 0 unspecified atom stereocenters. The second-order valence-corrected chi connectivity index (χ2v) is 6.07. The molecular weight excluding hydrogens is 474 g/mol. The van der Waals surface area contributed by atoms with Crippen molar-refractivity contribution in [2.75, 3.05) is 0 Å². The predicted molar refractivity (Wildman–Crippen MR) is 81.6 cm³/mol. The molecule has 2 aromatic rings. The van der Waals surface area contributed by atoms with Crippen LogP contribution in [0.4, 0.5) is 26.3 Å². The molecule has 0 atom stereocenters. The number of rotatable bonds is 0. The minimum Gasteiger partial charge on any atom is -0.507 e. The monoisotopic (exact) mass is 480 g/mol. The van der Waals surface area contributed by atoms with Crippen molar-refractivity contribution in [2.45, 2.75) is 12.4 Å². The van der Waals surface area contributed by atoms with Crippen molar-refractivity contribution in [3.8, 4) is 11.5 Å². The second kappa shape index (κ2) is 7.64. The molecule has 0 saturated carbocycles. The highest BCUT2D eigenvalue weighted by molar-refractivity contribution is 9.11. The van der Waals surface area contributed by atoms with Crippen LogP contribution in [0.25, 0.3) is 0 Å². The summed E-state index contributed by atoms with van der Waals surface area (Å²) in [4.78, 5) is 0. The maximum atomic E-state index is 12.2. The smallest absolute Gasteiger partial charge is 0.420 e. The van der Waals surface area contributed by atoms with E-state index in [1.54, 1.807) is 0 Å². The van der Waals surface area contributed by atoms with E-state index in [4.69, 9.17) is 10.2 Å². The summed E-state index contributed by atoms with van der Waals surface area (Å²) in [5.74, 6) is -1.53. The van der Waals surface area contributed by atoms with Gasteiger partial charge in [0.2, 0.25) is 0 Å². The van der Waals surface area contributed by atoms with Gasteiger partial charge in [0.15, 0.2) is 0 Å². The van der Waals surface area contributed by atoms with Gasteiger partial charge in [-0.3, -0.25) is 0 Å². The van der Waals surface area contributed by atoms with Crippen LogP contribution in [0.3, 0.4) is 0 Å². The largest absolute Gasteiger partial charge is 0.507 e. The van der Waals surface area contributed by atoms with E-state index < -0.39 is 35.0 Å². The van der Waals surface area contributed by atoms with E-state index in [1.165, 1.54) is 18.2 Å². The lowest BCUT2D eigenvalue weighted by Crippen LogP contribution is -2.05. The number of hydrogen-bond acceptors (Lipinski definition) is 2. The van der Waals surface area contributed by atoms with Crippen molar-refractivity contribution in [1.82, 2.24) is 0 Å². The van der Waals surface area contributed by atoms with Crippen molar-refractivity contribution in [1.29, 1.82) is 0 Å². The molecule has 132 valence electrons. The van der Waals surface area contributed by atoms with Crippen LogP contribution >= 0.6 is 31.9 Å². The Morgan fingerprint density at radius 3 is 1.67 bits per heavy atom. The highest BCUT2D eigenvalue weighted by atomic mass is 79.9. The Morgan fingerprint density at radius 2 is 1.25 bits per heavy atom. The molecule has 0 aliphatic rings. The maximum Gasteiger partial charge on any atom is 0.420 e. The first-order valence-corrected chi connectivity index (χ1v) is 7.53. The number of halogens is 8. The molecule has 0 spiro atoms. The molecule has 0 aliphatic carbocycles. The minimum atomic E-state index is -4.55. The molecule has 0 bridgehead atoms. The van der Waals surface area contributed by atoms with Crippen molar-refractivity contribution < 1.29 is 36.6 Å². The molecular formula is C14H8Br2F6O2. The number of hydrogen-bond donors (Lipinski definition) is 2. The first-order chi connectivity index (χ1) is 10.8. The van der Waals surface area contributed by atoms with Crippen molar-refractivity contribution in [2.24, 2.45) is 0 Å². The molecule has 24 heavy (non-hydrogen) atoms. The van der Waals surface area contributed by atoms with Gasteiger partial charge in [-0.05, 0) is 40.2 Å². The van der Waals surface area contributed by atoms with Gasteiger partial charge in [-0.1, -0.05) is 28.1 Å². The van der Waals surface area contributed by atoms with E-state index in [9.17, 15) is 26.3 Å². The third kappa shape index (κ3) is 5.59. The zero-order valence-electron chi connectivity index (χ0n) is 11.4. The van der Waals surface area contributed by atoms with Crippen molar-refractivity contribution >= 4 is 31.9 Å². The number of benzene rings is 2. The van der Waals surface area contributed by atoms with Gasteiger partial charge in [0, 0.05) is 4.47 Å². The summed E-state index contributed by atoms with van der Waals surface area (Å²) in [7, 11) is 0. The fraction of sp³-hybridized carbons (Fsp3) is 0.143. The molecule has 2 N–H and O–H groups in total. The van der Waals surface area contributed by atoms with Gasteiger partial charge in [-0.15, -0.1) is 0 Å². The van der Waals surface area contributed by atoms with E-state index in [1.807, 2.05) is 0 Å². The van der Waals surface area contributed by atoms with Crippen LogP contribution in [0.1, 0.15) is 11.1 Å². The number of para-hydroxylation sites is 1. The van der Waals surface area contributed by atoms with Gasteiger partial charge in [-0.25, -0.2) is 0 Å². The van der Waals surface area contributed by atoms with Crippen LogP contribution in [-0.2, 0) is 12.4 Å². The van der Waals surface area contributed by atoms with Gasteiger partial charge >= 0.3 is 12.4 Å². The summed E-state index contributed by atoms with van der Waals surface area (Å²) in [5.41, 5.74) is -2.06. The average Bonchev–Trinajstić information content (AvgIpc) is 2.41. The molecule has 2 rings (SSSR count). The highest BCUT2D eigenvalue weighted by Gasteiger charge is 2.35. The molecule has 0 amide bonds. The molecule has 10 heteroatoms. The number of alkyl halides is 6.